The van der Waals surface area contributed by atoms with Crippen molar-refractivity contribution in [1.29, 1.82) is 0 Å². The topological polar surface area (TPSA) is 57.4 Å². The molecule has 2 rings (SSSR count). The average Bonchev–Trinajstić information content (AvgIpc) is 2.42. The SMILES string of the molecule is CCCOc1cccnc1Oc1ccc(N)c(F)c1. The van der Waals surface area contributed by atoms with E-state index in [1.807, 2.05) is 6.92 Å². The molecule has 1 heterocycles. The molecule has 1 aromatic carbocycles. The van der Waals surface area contributed by atoms with Crippen molar-refractivity contribution in [3.63, 3.8) is 0 Å². The molecule has 0 atom stereocenters. The van der Waals surface area contributed by atoms with Crippen LogP contribution in [0.3, 0.4) is 0 Å². The minimum Gasteiger partial charge on any atom is -0.488 e. The molecule has 0 aliphatic heterocycles. The van der Waals surface area contributed by atoms with E-state index in [9.17, 15) is 4.39 Å². The van der Waals surface area contributed by atoms with Crippen LogP contribution in [0.25, 0.3) is 0 Å². The van der Waals surface area contributed by atoms with Gasteiger partial charge < -0.3 is 15.2 Å². The Morgan fingerprint density at radius 1 is 1.32 bits per heavy atom. The van der Waals surface area contributed by atoms with Crippen molar-refractivity contribution < 1.29 is 13.9 Å². The molecule has 5 heteroatoms. The van der Waals surface area contributed by atoms with Crippen molar-refractivity contribution in [1.82, 2.24) is 4.98 Å². The lowest BCUT2D eigenvalue weighted by Crippen LogP contribution is -1.99. The fourth-order valence-electron chi connectivity index (χ4n) is 1.46. The Hall–Kier alpha value is -2.30. The summed E-state index contributed by atoms with van der Waals surface area (Å²) in [6.45, 7) is 2.57. The molecule has 0 saturated heterocycles. The van der Waals surface area contributed by atoms with Crippen molar-refractivity contribution in [2.45, 2.75) is 13.3 Å². The van der Waals surface area contributed by atoms with Crippen LogP contribution in [0, 0.1) is 5.82 Å². The molecule has 19 heavy (non-hydrogen) atoms. The van der Waals surface area contributed by atoms with Gasteiger partial charge in [0.1, 0.15) is 11.6 Å². The molecule has 0 radical (unpaired) electrons. The van der Waals surface area contributed by atoms with Gasteiger partial charge in [0.05, 0.1) is 12.3 Å². The Bertz CT molecular complexity index is 561. The smallest absolute Gasteiger partial charge is 0.262 e. The fraction of sp³-hybridized carbons (Fsp3) is 0.214. The number of rotatable bonds is 5. The van der Waals surface area contributed by atoms with Gasteiger partial charge >= 0.3 is 0 Å². The summed E-state index contributed by atoms with van der Waals surface area (Å²) >= 11 is 0. The number of pyridine rings is 1. The molecule has 0 spiro atoms. The van der Waals surface area contributed by atoms with Gasteiger partial charge in [-0.15, -0.1) is 0 Å². The summed E-state index contributed by atoms with van der Waals surface area (Å²) in [6, 6.07) is 7.75. The van der Waals surface area contributed by atoms with Crippen LogP contribution >= 0.6 is 0 Å². The molecule has 1 aromatic heterocycles. The van der Waals surface area contributed by atoms with E-state index in [1.165, 1.54) is 12.1 Å². The van der Waals surface area contributed by atoms with Crippen molar-refractivity contribution in [3.05, 3.63) is 42.3 Å². The van der Waals surface area contributed by atoms with Gasteiger partial charge in [0.2, 0.25) is 0 Å². The van der Waals surface area contributed by atoms with E-state index in [2.05, 4.69) is 4.98 Å². The van der Waals surface area contributed by atoms with Gasteiger partial charge in [-0.25, -0.2) is 9.37 Å². The second-order valence-corrected chi connectivity index (χ2v) is 3.94. The standard InChI is InChI=1S/C14H15FN2O2/c1-2-8-18-13-4-3-7-17-14(13)19-10-5-6-12(16)11(15)9-10/h3-7,9H,2,8,16H2,1H3. The first-order chi connectivity index (χ1) is 9.20. The van der Waals surface area contributed by atoms with Crippen LogP contribution in [-0.2, 0) is 0 Å². The molecular formula is C14H15FN2O2. The van der Waals surface area contributed by atoms with Gasteiger partial charge in [-0.3, -0.25) is 0 Å². The van der Waals surface area contributed by atoms with E-state index in [0.717, 1.165) is 6.42 Å². The third-order valence-electron chi connectivity index (χ3n) is 2.38. The molecule has 0 aliphatic rings. The van der Waals surface area contributed by atoms with E-state index >= 15 is 0 Å². The highest BCUT2D eigenvalue weighted by Gasteiger charge is 2.08. The normalized spacial score (nSPS) is 10.2. The number of hydrogen-bond donors (Lipinski definition) is 1. The zero-order chi connectivity index (χ0) is 13.7. The summed E-state index contributed by atoms with van der Waals surface area (Å²) < 4.78 is 24.3. The predicted molar refractivity (Wildman–Crippen MR) is 70.9 cm³/mol. The largest absolute Gasteiger partial charge is 0.488 e. The van der Waals surface area contributed by atoms with Gasteiger partial charge in [0.25, 0.3) is 5.88 Å². The quantitative estimate of drug-likeness (QED) is 0.839. The highest BCUT2D eigenvalue weighted by molar-refractivity contribution is 5.45. The number of nitrogens with zero attached hydrogens (tertiary/aromatic N) is 1. The minimum atomic E-state index is -0.524. The van der Waals surface area contributed by atoms with Crippen LogP contribution in [0.2, 0.25) is 0 Å². The zero-order valence-corrected chi connectivity index (χ0v) is 10.6. The fourth-order valence-corrected chi connectivity index (χ4v) is 1.46. The molecular weight excluding hydrogens is 247 g/mol. The summed E-state index contributed by atoms with van der Waals surface area (Å²) in [7, 11) is 0. The van der Waals surface area contributed by atoms with Crippen LogP contribution in [0.1, 0.15) is 13.3 Å². The molecule has 0 aliphatic carbocycles. The number of aromatic nitrogens is 1. The molecule has 100 valence electrons. The molecule has 2 aromatic rings. The second kappa shape index (κ2) is 6.04. The van der Waals surface area contributed by atoms with E-state index in [0.29, 0.717) is 24.0 Å². The number of benzene rings is 1. The summed E-state index contributed by atoms with van der Waals surface area (Å²) in [4.78, 5) is 4.08. The molecule has 0 bridgehead atoms. The van der Waals surface area contributed by atoms with Crippen molar-refractivity contribution in [2.24, 2.45) is 0 Å². The third kappa shape index (κ3) is 3.34. The number of halogens is 1. The number of nitrogens with two attached hydrogens (primary N) is 1. The van der Waals surface area contributed by atoms with Crippen LogP contribution in [0.15, 0.2) is 36.5 Å². The maximum absolute atomic E-state index is 13.3. The number of hydrogen-bond acceptors (Lipinski definition) is 4. The predicted octanol–water partition coefficient (Wildman–Crippen LogP) is 3.38. The Morgan fingerprint density at radius 2 is 2.16 bits per heavy atom. The van der Waals surface area contributed by atoms with Gasteiger partial charge in [0, 0.05) is 12.3 Å². The Kier molecular flexibility index (Phi) is 4.18. The van der Waals surface area contributed by atoms with Crippen molar-refractivity contribution >= 4 is 5.69 Å². The zero-order valence-electron chi connectivity index (χ0n) is 10.6. The summed E-state index contributed by atoms with van der Waals surface area (Å²) in [5.74, 6) is 0.637. The first-order valence-corrected chi connectivity index (χ1v) is 6.01. The van der Waals surface area contributed by atoms with E-state index in [1.54, 1.807) is 24.4 Å². The number of ether oxygens (including phenoxy) is 2. The molecule has 4 nitrogen and oxygen atoms in total. The van der Waals surface area contributed by atoms with Gasteiger partial charge in [-0.2, -0.15) is 0 Å². The van der Waals surface area contributed by atoms with E-state index in [4.69, 9.17) is 15.2 Å². The Labute approximate surface area is 111 Å². The number of nitrogen functional groups attached to an aromatic ring is 1. The second-order valence-electron chi connectivity index (χ2n) is 3.94. The molecule has 2 N–H and O–H groups in total. The van der Waals surface area contributed by atoms with Crippen molar-refractivity contribution in [3.8, 4) is 17.4 Å². The molecule has 0 saturated carbocycles. The van der Waals surface area contributed by atoms with Gasteiger partial charge in [-0.05, 0) is 30.7 Å². The maximum atomic E-state index is 13.3. The minimum absolute atomic E-state index is 0.0795. The highest BCUT2D eigenvalue weighted by Crippen LogP contribution is 2.30. The van der Waals surface area contributed by atoms with E-state index in [-0.39, 0.29) is 5.69 Å². The lowest BCUT2D eigenvalue weighted by atomic mass is 10.3. The van der Waals surface area contributed by atoms with Crippen LogP contribution in [-0.4, -0.2) is 11.6 Å². The summed E-state index contributed by atoms with van der Waals surface area (Å²) in [6.07, 6.45) is 2.46. The Balaban J connectivity index is 2.20. The first-order valence-electron chi connectivity index (χ1n) is 6.01. The van der Waals surface area contributed by atoms with Gasteiger partial charge in [0.15, 0.2) is 5.75 Å². The molecule has 0 unspecified atom stereocenters. The Morgan fingerprint density at radius 3 is 2.89 bits per heavy atom. The number of anilines is 1. The molecule has 0 fully saturated rings. The highest BCUT2D eigenvalue weighted by atomic mass is 19.1. The maximum Gasteiger partial charge on any atom is 0.262 e. The monoisotopic (exact) mass is 262 g/mol. The lowest BCUT2D eigenvalue weighted by Gasteiger charge is -2.10. The average molecular weight is 262 g/mol. The summed E-state index contributed by atoms with van der Waals surface area (Å²) in [5, 5.41) is 0. The van der Waals surface area contributed by atoms with E-state index < -0.39 is 5.82 Å². The van der Waals surface area contributed by atoms with Crippen LogP contribution in [0.5, 0.6) is 17.4 Å². The summed E-state index contributed by atoms with van der Waals surface area (Å²) in [5.41, 5.74) is 5.49. The molecule has 0 amide bonds. The third-order valence-corrected chi connectivity index (χ3v) is 2.38. The van der Waals surface area contributed by atoms with Crippen molar-refractivity contribution in [2.75, 3.05) is 12.3 Å². The first kappa shape index (κ1) is 13.1. The lowest BCUT2D eigenvalue weighted by molar-refractivity contribution is 0.298. The van der Waals surface area contributed by atoms with Crippen LogP contribution < -0.4 is 15.2 Å². The van der Waals surface area contributed by atoms with Crippen LogP contribution in [0.4, 0.5) is 10.1 Å². The van der Waals surface area contributed by atoms with Gasteiger partial charge in [-0.1, -0.05) is 6.92 Å².